The van der Waals surface area contributed by atoms with Crippen molar-refractivity contribution in [1.29, 1.82) is 0 Å². The third kappa shape index (κ3) is 8.07. The molecule has 2 aliphatic rings. The average molecular weight is 557 g/mol. The Hall–Kier alpha value is -2.38. The predicted octanol–water partition coefficient (Wildman–Crippen LogP) is 10.4. The van der Waals surface area contributed by atoms with E-state index >= 15 is 0 Å². The van der Waals surface area contributed by atoms with Gasteiger partial charge >= 0.3 is 12.7 Å². The van der Waals surface area contributed by atoms with E-state index in [4.69, 9.17) is 4.74 Å². The molecule has 0 saturated heterocycles. The first-order valence-corrected chi connectivity index (χ1v) is 14.3. The van der Waals surface area contributed by atoms with Crippen molar-refractivity contribution < 1.29 is 35.8 Å². The van der Waals surface area contributed by atoms with Gasteiger partial charge in [0.15, 0.2) is 17.4 Å². The van der Waals surface area contributed by atoms with Gasteiger partial charge in [0.2, 0.25) is 0 Å². The topological polar surface area (TPSA) is 18.5 Å². The van der Waals surface area contributed by atoms with Gasteiger partial charge in [-0.1, -0.05) is 70.4 Å². The number of alkyl halides is 4. The summed E-state index contributed by atoms with van der Waals surface area (Å²) in [4.78, 5) is 0. The molecule has 2 nitrogen and oxygen atoms in total. The second kappa shape index (κ2) is 13.3. The van der Waals surface area contributed by atoms with Crippen LogP contribution in [0.15, 0.2) is 36.4 Å². The van der Waals surface area contributed by atoms with Gasteiger partial charge in [0.25, 0.3) is 0 Å². The maximum absolute atomic E-state index is 14.6. The van der Waals surface area contributed by atoms with Crippen LogP contribution in [0.4, 0.5) is 26.3 Å². The largest absolute Gasteiger partial charge is 0.429 e. The van der Waals surface area contributed by atoms with E-state index in [1.165, 1.54) is 76.3 Å². The van der Waals surface area contributed by atoms with Gasteiger partial charge in [0.05, 0.1) is 5.56 Å². The molecule has 0 heterocycles. The van der Waals surface area contributed by atoms with Crippen molar-refractivity contribution in [2.75, 3.05) is 0 Å². The van der Waals surface area contributed by atoms with E-state index in [-0.39, 0.29) is 17.9 Å². The number of ether oxygens (including phenoxy) is 2. The highest BCUT2D eigenvalue weighted by atomic mass is 19.3. The zero-order chi connectivity index (χ0) is 28.0. The number of rotatable bonds is 11. The summed E-state index contributed by atoms with van der Waals surface area (Å²) in [5.41, 5.74) is -0.0838. The Bertz CT molecular complexity index is 1020. The molecule has 2 aliphatic carbocycles. The maximum Gasteiger partial charge on any atom is 0.426 e. The predicted molar refractivity (Wildman–Crippen MR) is 138 cm³/mol. The second-order valence-corrected chi connectivity index (χ2v) is 11.3. The van der Waals surface area contributed by atoms with Crippen LogP contribution in [0.1, 0.15) is 101 Å². The minimum absolute atomic E-state index is 0.167. The first kappa shape index (κ1) is 29.6. The molecule has 0 unspecified atom stereocenters. The van der Waals surface area contributed by atoms with Crippen LogP contribution >= 0.6 is 0 Å². The quantitative estimate of drug-likeness (QED) is 0.256. The van der Waals surface area contributed by atoms with E-state index in [9.17, 15) is 26.3 Å². The molecule has 8 heteroatoms. The van der Waals surface area contributed by atoms with Crippen molar-refractivity contribution in [1.82, 2.24) is 0 Å². The molecule has 39 heavy (non-hydrogen) atoms. The molecule has 2 fully saturated rings. The zero-order valence-electron chi connectivity index (χ0n) is 22.4. The fraction of sp³-hybridized carbons (Fsp3) is 0.613. The lowest BCUT2D eigenvalue weighted by Gasteiger charge is -2.32. The van der Waals surface area contributed by atoms with E-state index < -0.39 is 35.7 Å². The van der Waals surface area contributed by atoms with Gasteiger partial charge in [-0.05, 0) is 79.2 Å². The average Bonchev–Trinajstić information content (AvgIpc) is 2.91. The molecular weight excluding hydrogens is 518 g/mol. The van der Waals surface area contributed by atoms with Crippen molar-refractivity contribution in [3.8, 4) is 11.5 Å². The van der Waals surface area contributed by atoms with Crippen LogP contribution in [0.2, 0.25) is 0 Å². The van der Waals surface area contributed by atoms with Crippen molar-refractivity contribution >= 4 is 0 Å². The molecule has 2 aromatic carbocycles. The maximum atomic E-state index is 14.6. The van der Waals surface area contributed by atoms with Gasteiger partial charge in [-0.3, -0.25) is 0 Å². The fourth-order valence-corrected chi connectivity index (χ4v) is 6.42. The minimum atomic E-state index is -4.08. The standard InChI is InChI=1S/C31H38F6O2/c1-2-3-20-4-6-21(7-5-20)8-9-22-10-12-23(13-11-22)24-14-16-26(17-15-24)39-31(36,37)25-18-27(32)29(28(33)19-25)38-30(34)35/h14-23,30H,2-13H2,1H3. The molecule has 0 amide bonds. The van der Waals surface area contributed by atoms with Crippen molar-refractivity contribution in [2.24, 2.45) is 17.8 Å². The molecular formula is C31H38F6O2. The summed E-state index contributed by atoms with van der Waals surface area (Å²) in [6.45, 7) is -1.22. The number of hydrogen-bond acceptors (Lipinski definition) is 2. The minimum Gasteiger partial charge on any atom is -0.429 e. The van der Waals surface area contributed by atoms with Gasteiger partial charge in [-0.25, -0.2) is 8.78 Å². The normalized spacial score (nSPS) is 24.1. The summed E-state index contributed by atoms with van der Waals surface area (Å²) in [7, 11) is 0. The highest BCUT2D eigenvalue weighted by molar-refractivity contribution is 5.35. The lowest BCUT2D eigenvalue weighted by Crippen LogP contribution is -2.23. The van der Waals surface area contributed by atoms with Crippen molar-refractivity contribution in [3.05, 3.63) is 59.2 Å². The molecule has 4 rings (SSSR count). The molecule has 0 bridgehead atoms. The summed E-state index contributed by atoms with van der Waals surface area (Å²) in [6.07, 6.45) is 11.3. The second-order valence-electron chi connectivity index (χ2n) is 11.3. The zero-order valence-corrected chi connectivity index (χ0v) is 22.4. The summed E-state index contributed by atoms with van der Waals surface area (Å²) in [5.74, 6) is -1.97. The van der Waals surface area contributed by atoms with E-state index in [0.717, 1.165) is 36.2 Å². The van der Waals surface area contributed by atoms with Gasteiger partial charge in [0, 0.05) is 0 Å². The van der Waals surface area contributed by atoms with E-state index in [1.807, 2.05) is 0 Å². The Morgan fingerprint density at radius 2 is 1.26 bits per heavy atom. The van der Waals surface area contributed by atoms with Gasteiger partial charge in [0.1, 0.15) is 5.75 Å². The molecule has 0 radical (unpaired) electrons. The van der Waals surface area contributed by atoms with Gasteiger partial charge < -0.3 is 9.47 Å². The number of halogens is 6. The highest BCUT2D eigenvalue weighted by Crippen LogP contribution is 2.41. The van der Waals surface area contributed by atoms with Crippen LogP contribution in [0.25, 0.3) is 0 Å². The summed E-state index contributed by atoms with van der Waals surface area (Å²) in [5, 5.41) is 0. The molecule has 2 saturated carbocycles. The van der Waals surface area contributed by atoms with E-state index in [0.29, 0.717) is 5.92 Å². The van der Waals surface area contributed by atoms with Crippen molar-refractivity contribution in [3.63, 3.8) is 0 Å². The molecule has 2 aromatic rings. The molecule has 0 spiro atoms. The lowest BCUT2D eigenvalue weighted by molar-refractivity contribution is -0.185. The molecule has 0 aliphatic heterocycles. The highest BCUT2D eigenvalue weighted by Gasteiger charge is 2.37. The Kier molecular flexibility index (Phi) is 10.1. The van der Waals surface area contributed by atoms with Crippen LogP contribution in [0.3, 0.4) is 0 Å². The van der Waals surface area contributed by atoms with Crippen LogP contribution in [-0.2, 0) is 6.11 Å². The lowest BCUT2D eigenvalue weighted by atomic mass is 9.74. The Labute approximate surface area is 227 Å². The first-order chi connectivity index (χ1) is 18.6. The van der Waals surface area contributed by atoms with Crippen LogP contribution in [0, 0.1) is 29.4 Å². The number of hydrogen-bond donors (Lipinski definition) is 0. The molecule has 0 atom stereocenters. The van der Waals surface area contributed by atoms with Crippen LogP contribution in [0.5, 0.6) is 11.5 Å². The summed E-state index contributed by atoms with van der Waals surface area (Å²) >= 11 is 0. The third-order valence-electron chi connectivity index (χ3n) is 8.63. The fourth-order valence-electron chi connectivity index (χ4n) is 6.42. The number of benzene rings is 2. The monoisotopic (exact) mass is 556 g/mol. The molecule has 0 N–H and O–H groups in total. The van der Waals surface area contributed by atoms with Crippen molar-refractivity contribution in [2.45, 2.75) is 103 Å². The van der Waals surface area contributed by atoms with Crippen LogP contribution < -0.4 is 9.47 Å². The van der Waals surface area contributed by atoms with E-state index in [2.05, 4.69) is 11.7 Å². The third-order valence-corrected chi connectivity index (χ3v) is 8.63. The Morgan fingerprint density at radius 1 is 0.769 bits per heavy atom. The SMILES string of the molecule is CCCC1CCC(CCC2CCC(c3ccc(OC(F)(F)c4cc(F)c(OC(F)F)c(F)c4)cc3)CC2)CC1. The summed E-state index contributed by atoms with van der Waals surface area (Å²) < 4.78 is 90.1. The smallest absolute Gasteiger partial charge is 0.426 e. The Morgan fingerprint density at radius 3 is 1.74 bits per heavy atom. The van der Waals surface area contributed by atoms with Gasteiger partial charge in [-0.2, -0.15) is 17.6 Å². The van der Waals surface area contributed by atoms with E-state index in [1.54, 1.807) is 12.1 Å². The molecule has 0 aromatic heterocycles. The van der Waals surface area contributed by atoms with Gasteiger partial charge in [-0.15, -0.1) is 0 Å². The molecule has 216 valence electrons. The Balaban J connectivity index is 1.25. The summed E-state index contributed by atoms with van der Waals surface area (Å²) in [6, 6.07) is 6.81. The first-order valence-electron chi connectivity index (χ1n) is 14.3. The van der Waals surface area contributed by atoms with Crippen LogP contribution in [-0.4, -0.2) is 6.61 Å².